The Morgan fingerprint density at radius 3 is 3.00 bits per heavy atom. The van der Waals surface area contributed by atoms with Crippen molar-refractivity contribution in [3.8, 4) is 0 Å². The molecule has 2 fully saturated rings. The highest BCUT2D eigenvalue weighted by atomic mass is 16.1. The summed E-state index contributed by atoms with van der Waals surface area (Å²) >= 11 is 0. The zero-order valence-corrected chi connectivity index (χ0v) is 10.1. The fourth-order valence-corrected chi connectivity index (χ4v) is 2.57. The van der Waals surface area contributed by atoms with E-state index < -0.39 is 0 Å². The lowest BCUT2D eigenvalue weighted by molar-refractivity contribution is -0.120. The molecule has 0 amide bonds. The lowest BCUT2D eigenvalue weighted by Crippen LogP contribution is -2.17. The van der Waals surface area contributed by atoms with Crippen molar-refractivity contribution in [3.05, 3.63) is 23.9 Å². The van der Waals surface area contributed by atoms with Gasteiger partial charge in [0, 0.05) is 30.2 Å². The first kappa shape index (κ1) is 11.3. The molecule has 86 valence electrons. The van der Waals surface area contributed by atoms with E-state index in [4.69, 9.17) is 0 Å². The van der Waals surface area contributed by atoms with Gasteiger partial charge < -0.3 is 0 Å². The van der Waals surface area contributed by atoms with Gasteiger partial charge in [-0.25, -0.2) is 0 Å². The van der Waals surface area contributed by atoms with Crippen LogP contribution in [0.15, 0.2) is 28.9 Å². The van der Waals surface area contributed by atoms with E-state index in [0.29, 0.717) is 18.1 Å². The average molecular weight is 217 g/mol. The predicted octanol–water partition coefficient (Wildman–Crippen LogP) is 3.30. The molecule has 0 radical (unpaired) electrons. The lowest BCUT2D eigenvalue weighted by Gasteiger charge is -2.20. The summed E-state index contributed by atoms with van der Waals surface area (Å²) in [5, 5.41) is 0. The Morgan fingerprint density at radius 2 is 2.38 bits per heavy atom. The molecule has 0 aromatic rings. The van der Waals surface area contributed by atoms with Crippen LogP contribution < -0.4 is 0 Å². The second-order valence-electron chi connectivity index (χ2n) is 5.04. The van der Waals surface area contributed by atoms with E-state index in [1.54, 1.807) is 0 Å². The van der Waals surface area contributed by atoms with E-state index >= 15 is 0 Å². The number of aliphatic imine (C=N–C) groups is 1. The van der Waals surface area contributed by atoms with Crippen LogP contribution >= 0.6 is 0 Å². The topological polar surface area (TPSA) is 29.4 Å². The molecule has 2 saturated carbocycles. The first-order valence-corrected chi connectivity index (χ1v) is 5.96. The highest BCUT2D eigenvalue weighted by Gasteiger charge is 2.58. The second kappa shape index (κ2) is 4.00. The van der Waals surface area contributed by atoms with Gasteiger partial charge in [-0.1, -0.05) is 12.7 Å². The van der Waals surface area contributed by atoms with Crippen LogP contribution in [0.2, 0.25) is 0 Å². The minimum Gasteiger partial charge on any atom is -0.300 e. The second-order valence-corrected chi connectivity index (χ2v) is 5.04. The van der Waals surface area contributed by atoms with Crippen LogP contribution in [0.4, 0.5) is 0 Å². The molecule has 2 rings (SSSR count). The first-order valence-electron chi connectivity index (χ1n) is 5.96. The third-order valence-corrected chi connectivity index (χ3v) is 4.01. The Balaban J connectivity index is 2.02. The summed E-state index contributed by atoms with van der Waals surface area (Å²) < 4.78 is 0. The van der Waals surface area contributed by atoms with E-state index in [-0.39, 0.29) is 5.41 Å². The minimum absolute atomic E-state index is 0.179. The normalized spacial score (nSPS) is 34.0. The summed E-state index contributed by atoms with van der Waals surface area (Å²) in [7, 11) is 0. The maximum absolute atomic E-state index is 11.3. The zero-order valence-electron chi connectivity index (χ0n) is 10.1. The van der Waals surface area contributed by atoms with Crippen LogP contribution in [0.25, 0.3) is 0 Å². The summed E-state index contributed by atoms with van der Waals surface area (Å²) in [6.45, 7) is 8.12. The highest BCUT2D eigenvalue weighted by molar-refractivity contribution is 5.81. The van der Waals surface area contributed by atoms with Gasteiger partial charge in [0.1, 0.15) is 5.78 Å². The van der Waals surface area contributed by atoms with Crippen molar-refractivity contribution in [1.29, 1.82) is 0 Å². The maximum atomic E-state index is 11.3. The number of hydrogen-bond donors (Lipinski definition) is 0. The van der Waals surface area contributed by atoms with Crippen molar-refractivity contribution in [1.82, 2.24) is 0 Å². The van der Waals surface area contributed by atoms with Crippen molar-refractivity contribution < 1.29 is 4.79 Å². The molecule has 0 aromatic heterocycles. The molecule has 0 saturated heterocycles. The summed E-state index contributed by atoms with van der Waals surface area (Å²) in [5.41, 5.74) is 2.31. The molecular formula is C14H19NO. The monoisotopic (exact) mass is 217 g/mol. The van der Waals surface area contributed by atoms with Crippen LogP contribution in [-0.2, 0) is 4.79 Å². The molecule has 0 heterocycles. The number of Topliss-reactive ketones (excluding diaryl/α,β-unsaturated/α-hetero) is 1. The van der Waals surface area contributed by atoms with Crippen molar-refractivity contribution in [2.45, 2.75) is 39.5 Å². The Labute approximate surface area is 97.1 Å². The van der Waals surface area contributed by atoms with Gasteiger partial charge in [-0.15, -0.1) is 0 Å². The van der Waals surface area contributed by atoms with E-state index in [9.17, 15) is 4.79 Å². The molecule has 16 heavy (non-hydrogen) atoms. The number of ketones is 1. The number of nitrogens with zero attached hydrogens (tertiary/aromatic N) is 1. The Hall–Kier alpha value is -1.18. The number of carbonyl (C=O) groups is 1. The largest absolute Gasteiger partial charge is 0.300 e. The van der Waals surface area contributed by atoms with E-state index in [1.807, 2.05) is 26.1 Å². The van der Waals surface area contributed by atoms with E-state index in [2.05, 4.69) is 11.6 Å². The van der Waals surface area contributed by atoms with Crippen LogP contribution in [0.1, 0.15) is 39.5 Å². The maximum Gasteiger partial charge on any atom is 0.133 e. The number of fused-ring (bicyclic) bond motifs is 1. The summed E-state index contributed by atoms with van der Waals surface area (Å²) in [4.78, 5) is 15.8. The molecule has 0 spiro atoms. The number of allylic oxidation sites excluding steroid dienone is 3. The van der Waals surface area contributed by atoms with Crippen molar-refractivity contribution in [3.63, 3.8) is 0 Å². The standard InChI is InChI=1S/C14H19NO/c1-4-10(2)9-15-11(3)14-6-5-13(16)7-12(14)8-14/h4,9,12H,3,5-8H2,1-2H3/b10-4-,15-9?. The minimum atomic E-state index is 0.179. The molecule has 2 atom stereocenters. The highest BCUT2D eigenvalue weighted by Crippen LogP contribution is 2.64. The molecular weight excluding hydrogens is 198 g/mol. The number of rotatable bonds is 3. The molecule has 2 nitrogen and oxygen atoms in total. The summed E-state index contributed by atoms with van der Waals surface area (Å²) in [5.74, 6) is 0.948. The van der Waals surface area contributed by atoms with E-state index in [1.165, 1.54) is 0 Å². The van der Waals surface area contributed by atoms with Crippen LogP contribution in [0, 0.1) is 11.3 Å². The zero-order chi connectivity index (χ0) is 11.8. The van der Waals surface area contributed by atoms with Crippen LogP contribution in [0.3, 0.4) is 0 Å². The van der Waals surface area contributed by atoms with Gasteiger partial charge in [-0.2, -0.15) is 0 Å². The van der Waals surface area contributed by atoms with Gasteiger partial charge >= 0.3 is 0 Å². The van der Waals surface area contributed by atoms with Gasteiger partial charge in [0.05, 0.1) is 0 Å². The molecule has 0 N–H and O–H groups in total. The first-order chi connectivity index (χ1) is 7.58. The summed E-state index contributed by atoms with van der Waals surface area (Å²) in [6, 6.07) is 0. The lowest BCUT2D eigenvalue weighted by atomic mass is 9.86. The molecule has 2 unspecified atom stereocenters. The smallest absolute Gasteiger partial charge is 0.133 e. The SMILES string of the molecule is C=C(N=C/C(C)=C\C)C12CCC(=O)CC1C2. The molecule has 2 aliphatic carbocycles. The van der Waals surface area contributed by atoms with Gasteiger partial charge in [0.25, 0.3) is 0 Å². The van der Waals surface area contributed by atoms with Gasteiger partial charge in [0.15, 0.2) is 0 Å². The fraction of sp³-hybridized carbons (Fsp3) is 0.571. The fourth-order valence-electron chi connectivity index (χ4n) is 2.57. The van der Waals surface area contributed by atoms with Crippen molar-refractivity contribution in [2.75, 3.05) is 0 Å². The Bertz CT molecular complexity index is 392. The van der Waals surface area contributed by atoms with Crippen molar-refractivity contribution in [2.24, 2.45) is 16.3 Å². The van der Waals surface area contributed by atoms with Gasteiger partial charge in [0.2, 0.25) is 0 Å². The molecule has 0 aromatic carbocycles. The number of hydrogen-bond acceptors (Lipinski definition) is 2. The van der Waals surface area contributed by atoms with Crippen LogP contribution in [-0.4, -0.2) is 12.0 Å². The number of carbonyl (C=O) groups excluding carboxylic acids is 1. The van der Waals surface area contributed by atoms with Crippen molar-refractivity contribution >= 4 is 12.0 Å². The average Bonchev–Trinajstić information content (AvgIpc) is 3.00. The van der Waals surface area contributed by atoms with E-state index in [0.717, 1.165) is 30.5 Å². The predicted molar refractivity (Wildman–Crippen MR) is 66.5 cm³/mol. The van der Waals surface area contributed by atoms with Gasteiger partial charge in [-0.05, 0) is 38.2 Å². The summed E-state index contributed by atoms with van der Waals surface area (Å²) in [6.07, 6.45) is 7.45. The third kappa shape index (κ3) is 1.89. The van der Waals surface area contributed by atoms with Gasteiger partial charge in [-0.3, -0.25) is 9.79 Å². The molecule has 2 heteroatoms. The Morgan fingerprint density at radius 1 is 1.62 bits per heavy atom. The Kier molecular flexibility index (Phi) is 2.83. The van der Waals surface area contributed by atoms with Crippen LogP contribution in [0.5, 0.6) is 0 Å². The molecule has 0 aliphatic heterocycles. The quantitative estimate of drug-likeness (QED) is 0.667. The molecule has 0 bridgehead atoms. The molecule has 2 aliphatic rings. The third-order valence-electron chi connectivity index (χ3n) is 4.01.